The number of hydrogen-bond donors (Lipinski definition) is 2. The third-order valence-electron chi connectivity index (χ3n) is 2.76. The highest BCUT2D eigenvalue weighted by molar-refractivity contribution is 9.10. The van der Waals surface area contributed by atoms with Crippen LogP contribution in [-0.4, -0.2) is 21.4 Å². The third-order valence-corrected chi connectivity index (χ3v) is 4.87. The Balaban J connectivity index is 2.22. The molecule has 2 N–H and O–H groups in total. The highest BCUT2D eigenvalue weighted by Gasteiger charge is 2.17. The van der Waals surface area contributed by atoms with Crippen molar-refractivity contribution < 1.29 is 17.6 Å². The second kappa shape index (κ2) is 6.42. The van der Waals surface area contributed by atoms with E-state index in [0.717, 1.165) is 0 Å². The molecule has 0 aliphatic rings. The molecule has 1 heterocycles. The molecule has 0 bridgehead atoms. The van der Waals surface area contributed by atoms with Crippen molar-refractivity contribution in [2.24, 2.45) is 0 Å². The van der Waals surface area contributed by atoms with E-state index in [1.807, 2.05) is 0 Å². The first kappa shape index (κ1) is 15.7. The number of benzene rings is 1. The van der Waals surface area contributed by atoms with E-state index in [1.54, 1.807) is 12.1 Å². The van der Waals surface area contributed by atoms with E-state index in [2.05, 4.69) is 26.0 Å². The number of rotatable bonds is 5. The Morgan fingerprint density at radius 3 is 2.71 bits per heavy atom. The fourth-order valence-electron chi connectivity index (χ4n) is 1.64. The molecule has 1 aromatic heterocycles. The molecule has 112 valence electrons. The van der Waals surface area contributed by atoms with Gasteiger partial charge in [-0.05, 0) is 53.3 Å². The highest BCUT2D eigenvalue weighted by Crippen LogP contribution is 2.21. The van der Waals surface area contributed by atoms with Crippen molar-refractivity contribution in [2.75, 3.05) is 7.05 Å². The molecule has 0 saturated heterocycles. The van der Waals surface area contributed by atoms with Crippen LogP contribution in [0.5, 0.6) is 0 Å². The van der Waals surface area contributed by atoms with E-state index < -0.39 is 15.9 Å². The molecule has 1 aromatic carbocycles. The highest BCUT2D eigenvalue weighted by atomic mass is 79.9. The predicted molar refractivity (Wildman–Crippen MR) is 80.3 cm³/mol. The Hall–Kier alpha value is -1.64. The number of carbonyl (C=O) groups is 1. The van der Waals surface area contributed by atoms with Crippen molar-refractivity contribution in [3.05, 3.63) is 52.4 Å². The predicted octanol–water partition coefficient (Wildman–Crippen LogP) is 1.88. The number of carbonyl (C=O) groups excluding carboxylic acids is 1. The molecule has 0 radical (unpaired) electrons. The van der Waals surface area contributed by atoms with Gasteiger partial charge in [-0.3, -0.25) is 4.79 Å². The monoisotopic (exact) mass is 372 g/mol. The maximum absolute atomic E-state index is 12.1. The number of sulfonamides is 1. The van der Waals surface area contributed by atoms with E-state index in [4.69, 9.17) is 4.42 Å². The zero-order valence-electron chi connectivity index (χ0n) is 11.1. The SMILES string of the molecule is CNS(=O)(=O)c1ccc(Br)c(C(=O)NCc2ccco2)c1. The number of amides is 1. The fraction of sp³-hybridized carbons (Fsp3) is 0.154. The Morgan fingerprint density at radius 1 is 1.33 bits per heavy atom. The van der Waals surface area contributed by atoms with Gasteiger partial charge in [0.1, 0.15) is 5.76 Å². The van der Waals surface area contributed by atoms with Gasteiger partial charge < -0.3 is 9.73 Å². The Kier molecular flexibility index (Phi) is 4.81. The fourth-order valence-corrected chi connectivity index (χ4v) is 2.82. The van der Waals surface area contributed by atoms with Crippen LogP contribution in [0.4, 0.5) is 0 Å². The summed E-state index contributed by atoms with van der Waals surface area (Å²) >= 11 is 3.24. The standard InChI is InChI=1S/C13H13BrN2O4S/c1-15-21(18,19)10-4-5-12(14)11(7-10)13(17)16-8-9-3-2-6-20-9/h2-7,15H,8H2,1H3,(H,16,17). The second-order valence-electron chi connectivity index (χ2n) is 4.11. The van der Waals surface area contributed by atoms with Crippen LogP contribution < -0.4 is 10.0 Å². The van der Waals surface area contributed by atoms with Gasteiger partial charge in [-0.15, -0.1) is 0 Å². The lowest BCUT2D eigenvalue weighted by Gasteiger charge is -2.08. The van der Waals surface area contributed by atoms with E-state index in [1.165, 1.54) is 31.5 Å². The zero-order chi connectivity index (χ0) is 15.5. The third kappa shape index (κ3) is 3.72. The van der Waals surface area contributed by atoms with Crippen LogP contribution in [0.1, 0.15) is 16.1 Å². The first-order valence-corrected chi connectivity index (χ1v) is 8.25. The van der Waals surface area contributed by atoms with Gasteiger partial charge in [0.2, 0.25) is 10.0 Å². The van der Waals surface area contributed by atoms with Gasteiger partial charge in [0.25, 0.3) is 5.91 Å². The summed E-state index contributed by atoms with van der Waals surface area (Å²) in [6.07, 6.45) is 1.51. The van der Waals surface area contributed by atoms with Gasteiger partial charge in [0, 0.05) is 4.47 Å². The number of hydrogen-bond acceptors (Lipinski definition) is 4. The van der Waals surface area contributed by atoms with Crippen molar-refractivity contribution in [2.45, 2.75) is 11.4 Å². The molecule has 0 atom stereocenters. The van der Waals surface area contributed by atoms with Crippen LogP contribution in [-0.2, 0) is 16.6 Å². The number of nitrogens with one attached hydrogen (secondary N) is 2. The molecular weight excluding hydrogens is 360 g/mol. The summed E-state index contributed by atoms with van der Waals surface area (Å²) in [6.45, 7) is 0.223. The minimum atomic E-state index is -3.60. The smallest absolute Gasteiger partial charge is 0.252 e. The Morgan fingerprint density at radius 2 is 2.10 bits per heavy atom. The average molecular weight is 373 g/mol. The quantitative estimate of drug-likeness (QED) is 0.838. The van der Waals surface area contributed by atoms with E-state index in [-0.39, 0.29) is 17.0 Å². The molecule has 0 saturated carbocycles. The molecule has 1 amide bonds. The molecule has 6 nitrogen and oxygen atoms in total. The molecule has 0 unspecified atom stereocenters. The molecule has 21 heavy (non-hydrogen) atoms. The largest absolute Gasteiger partial charge is 0.467 e. The van der Waals surface area contributed by atoms with Crippen molar-refractivity contribution in [3.63, 3.8) is 0 Å². The molecule has 0 aliphatic heterocycles. The molecule has 8 heteroatoms. The Labute approximate surface area is 130 Å². The van der Waals surface area contributed by atoms with Crippen LogP contribution in [0.25, 0.3) is 0 Å². The summed E-state index contributed by atoms with van der Waals surface area (Å²) in [5.41, 5.74) is 0.234. The van der Waals surface area contributed by atoms with Gasteiger partial charge in [-0.2, -0.15) is 0 Å². The summed E-state index contributed by atoms with van der Waals surface area (Å²) in [4.78, 5) is 12.2. The van der Waals surface area contributed by atoms with E-state index in [9.17, 15) is 13.2 Å². The molecule has 0 spiro atoms. The number of furan rings is 1. The first-order valence-electron chi connectivity index (χ1n) is 5.97. The van der Waals surface area contributed by atoms with Crippen LogP contribution >= 0.6 is 15.9 Å². The van der Waals surface area contributed by atoms with Gasteiger partial charge in [0.05, 0.1) is 23.3 Å². The Bertz CT molecular complexity index is 742. The molecule has 0 aliphatic carbocycles. The maximum Gasteiger partial charge on any atom is 0.252 e. The number of halogens is 1. The van der Waals surface area contributed by atoms with Crippen molar-refractivity contribution >= 4 is 31.9 Å². The lowest BCUT2D eigenvalue weighted by Crippen LogP contribution is -2.24. The minimum absolute atomic E-state index is 0.0244. The average Bonchev–Trinajstić information content (AvgIpc) is 2.98. The van der Waals surface area contributed by atoms with Crippen LogP contribution in [0.2, 0.25) is 0 Å². The molecule has 2 aromatic rings. The lowest BCUT2D eigenvalue weighted by molar-refractivity contribution is 0.0947. The van der Waals surface area contributed by atoms with Crippen LogP contribution in [0.15, 0.2) is 50.4 Å². The van der Waals surface area contributed by atoms with Gasteiger partial charge in [0.15, 0.2) is 0 Å². The van der Waals surface area contributed by atoms with Gasteiger partial charge in [-0.25, -0.2) is 13.1 Å². The first-order chi connectivity index (χ1) is 9.94. The summed E-state index contributed by atoms with van der Waals surface area (Å²) in [6, 6.07) is 7.70. The molecular formula is C13H13BrN2O4S. The molecule has 2 rings (SSSR count). The summed E-state index contributed by atoms with van der Waals surface area (Å²) < 4.78 is 31.3. The van der Waals surface area contributed by atoms with Gasteiger partial charge in [-0.1, -0.05) is 0 Å². The normalized spacial score (nSPS) is 11.3. The summed E-state index contributed by atoms with van der Waals surface area (Å²) in [5.74, 6) is 0.213. The summed E-state index contributed by atoms with van der Waals surface area (Å²) in [7, 11) is -2.28. The maximum atomic E-state index is 12.1. The van der Waals surface area contributed by atoms with Crippen molar-refractivity contribution in [1.82, 2.24) is 10.0 Å². The summed E-state index contributed by atoms with van der Waals surface area (Å²) in [5, 5.41) is 2.66. The van der Waals surface area contributed by atoms with E-state index in [0.29, 0.717) is 10.2 Å². The van der Waals surface area contributed by atoms with Crippen LogP contribution in [0, 0.1) is 0 Å². The lowest BCUT2D eigenvalue weighted by atomic mass is 10.2. The second-order valence-corrected chi connectivity index (χ2v) is 6.85. The van der Waals surface area contributed by atoms with Crippen molar-refractivity contribution in [1.29, 1.82) is 0 Å². The van der Waals surface area contributed by atoms with Crippen molar-refractivity contribution in [3.8, 4) is 0 Å². The van der Waals surface area contributed by atoms with E-state index >= 15 is 0 Å². The minimum Gasteiger partial charge on any atom is -0.467 e. The van der Waals surface area contributed by atoms with Crippen LogP contribution in [0.3, 0.4) is 0 Å². The van der Waals surface area contributed by atoms with Gasteiger partial charge >= 0.3 is 0 Å². The molecule has 0 fully saturated rings. The topological polar surface area (TPSA) is 88.4 Å². The zero-order valence-corrected chi connectivity index (χ0v) is 13.5.